The molecule has 2 aromatic carbocycles. The third-order valence-corrected chi connectivity index (χ3v) is 3.38. The Bertz CT molecular complexity index is 708. The Balaban J connectivity index is 2.07. The number of nitrogens with one attached hydrogen (secondary N) is 1. The first kappa shape index (κ1) is 16.3. The summed E-state index contributed by atoms with van der Waals surface area (Å²) in [7, 11) is 0. The molecule has 3 N–H and O–H groups in total. The fourth-order valence-corrected chi connectivity index (χ4v) is 2.08. The minimum absolute atomic E-state index is 0.0992. The highest BCUT2D eigenvalue weighted by Gasteiger charge is 2.22. The van der Waals surface area contributed by atoms with Gasteiger partial charge in [0.1, 0.15) is 11.8 Å². The van der Waals surface area contributed by atoms with Crippen LogP contribution in [0.25, 0.3) is 5.57 Å². The highest BCUT2D eigenvalue weighted by atomic mass is 16.4. The molecule has 5 nitrogen and oxygen atoms in total. The summed E-state index contributed by atoms with van der Waals surface area (Å²) < 4.78 is 0. The number of amides is 1. The van der Waals surface area contributed by atoms with Gasteiger partial charge < -0.3 is 15.5 Å². The van der Waals surface area contributed by atoms with E-state index in [-0.39, 0.29) is 17.7 Å². The lowest BCUT2D eigenvalue weighted by Crippen LogP contribution is -2.42. The quantitative estimate of drug-likeness (QED) is 0.714. The number of hydrogen-bond acceptors (Lipinski definition) is 3. The first-order valence-corrected chi connectivity index (χ1v) is 7.03. The van der Waals surface area contributed by atoms with E-state index in [0.29, 0.717) is 11.1 Å². The normalized spacial score (nSPS) is 11.5. The van der Waals surface area contributed by atoms with Crippen LogP contribution in [0.4, 0.5) is 0 Å². The fraction of sp³-hybridized carbons (Fsp3) is 0.111. The van der Waals surface area contributed by atoms with Crippen molar-refractivity contribution in [2.24, 2.45) is 0 Å². The SMILES string of the molecule is C=C(C(=O)NC(Cc1ccc(O)cc1)C(=O)O)c1ccccc1. The van der Waals surface area contributed by atoms with Gasteiger partial charge in [-0.1, -0.05) is 49.0 Å². The van der Waals surface area contributed by atoms with Crippen LogP contribution in [-0.4, -0.2) is 28.1 Å². The molecule has 23 heavy (non-hydrogen) atoms. The Hall–Kier alpha value is -3.08. The largest absolute Gasteiger partial charge is 0.508 e. The number of carboxylic acid groups (broad SMARTS) is 1. The van der Waals surface area contributed by atoms with Gasteiger partial charge in [0.2, 0.25) is 0 Å². The zero-order valence-electron chi connectivity index (χ0n) is 12.4. The number of rotatable bonds is 6. The summed E-state index contributed by atoms with van der Waals surface area (Å²) in [6, 6.07) is 13.9. The van der Waals surface area contributed by atoms with E-state index in [1.807, 2.05) is 6.07 Å². The molecular formula is C18H17NO4. The number of aliphatic carboxylic acids is 1. The van der Waals surface area contributed by atoms with Gasteiger partial charge in [0.25, 0.3) is 5.91 Å². The van der Waals surface area contributed by atoms with E-state index in [4.69, 9.17) is 0 Å². The number of benzene rings is 2. The van der Waals surface area contributed by atoms with E-state index in [2.05, 4.69) is 11.9 Å². The highest BCUT2D eigenvalue weighted by Crippen LogP contribution is 2.14. The van der Waals surface area contributed by atoms with Crippen molar-refractivity contribution in [1.29, 1.82) is 0 Å². The number of carboxylic acids is 1. The van der Waals surface area contributed by atoms with Gasteiger partial charge in [-0.3, -0.25) is 4.79 Å². The molecule has 0 saturated carbocycles. The van der Waals surface area contributed by atoms with Crippen LogP contribution in [0.5, 0.6) is 5.75 Å². The second kappa shape index (κ2) is 7.26. The van der Waals surface area contributed by atoms with Crippen molar-refractivity contribution in [1.82, 2.24) is 5.32 Å². The summed E-state index contributed by atoms with van der Waals surface area (Å²) in [5.41, 5.74) is 1.54. The monoisotopic (exact) mass is 311 g/mol. The van der Waals surface area contributed by atoms with Crippen molar-refractivity contribution >= 4 is 17.4 Å². The Kier molecular flexibility index (Phi) is 5.15. The fourth-order valence-electron chi connectivity index (χ4n) is 2.08. The van der Waals surface area contributed by atoms with Crippen molar-refractivity contribution in [3.8, 4) is 5.75 Å². The first-order chi connectivity index (χ1) is 11.0. The van der Waals surface area contributed by atoms with Crippen molar-refractivity contribution in [3.05, 3.63) is 72.3 Å². The number of aromatic hydroxyl groups is 1. The lowest BCUT2D eigenvalue weighted by atomic mass is 10.0. The second-order valence-electron chi connectivity index (χ2n) is 5.08. The molecule has 118 valence electrons. The van der Waals surface area contributed by atoms with Gasteiger partial charge in [-0.15, -0.1) is 0 Å². The number of hydrogen-bond donors (Lipinski definition) is 3. The average molecular weight is 311 g/mol. The van der Waals surface area contributed by atoms with E-state index in [9.17, 15) is 19.8 Å². The molecule has 0 aliphatic heterocycles. The lowest BCUT2D eigenvalue weighted by Gasteiger charge is -2.16. The van der Waals surface area contributed by atoms with Gasteiger partial charge in [0, 0.05) is 12.0 Å². The maximum absolute atomic E-state index is 12.2. The van der Waals surface area contributed by atoms with Crippen LogP contribution in [0.2, 0.25) is 0 Å². The van der Waals surface area contributed by atoms with E-state index in [0.717, 1.165) is 0 Å². The maximum atomic E-state index is 12.2. The zero-order valence-corrected chi connectivity index (χ0v) is 12.4. The summed E-state index contributed by atoms with van der Waals surface area (Å²) in [5, 5.41) is 21.0. The van der Waals surface area contributed by atoms with Crippen molar-refractivity contribution in [2.75, 3.05) is 0 Å². The van der Waals surface area contributed by atoms with Crippen molar-refractivity contribution in [2.45, 2.75) is 12.5 Å². The summed E-state index contributed by atoms with van der Waals surface area (Å²) in [6.07, 6.45) is 0.115. The van der Waals surface area contributed by atoms with Gasteiger partial charge in [-0.25, -0.2) is 4.79 Å². The van der Waals surface area contributed by atoms with Gasteiger partial charge in [-0.2, -0.15) is 0 Å². The van der Waals surface area contributed by atoms with Crippen LogP contribution >= 0.6 is 0 Å². The van der Waals surface area contributed by atoms with Gasteiger partial charge in [-0.05, 0) is 23.3 Å². The molecule has 0 aliphatic rings. The molecule has 0 radical (unpaired) electrons. The average Bonchev–Trinajstić information content (AvgIpc) is 2.56. The Morgan fingerprint density at radius 2 is 1.65 bits per heavy atom. The topological polar surface area (TPSA) is 86.6 Å². The summed E-state index contributed by atoms with van der Waals surface area (Å²) in [5.74, 6) is -1.56. The number of carbonyl (C=O) groups is 2. The Morgan fingerprint density at radius 1 is 1.04 bits per heavy atom. The Morgan fingerprint density at radius 3 is 2.22 bits per heavy atom. The molecule has 1 unspecified atom stereocenters. The van der Waals surface area contributed by atoms with Crippen LogP contribution < -0.4 is 5.32 Å². The molecule has 2 aromatic rings. The third-order valence-electron chi connectivity index (χ3n) is 3.38. The standard InChI is InChI=1S/C18H17NO4/c1-12(14-5-3-2-4-6-14)17(21)19-16(18(22)23)11-13-7-9-15(20)10-8-13/h2-10,16,20H,1,11H2,(H,19,21)(H,22,23). The molecule has 0 spiro atoms. The van der Waals surface area contributed by atoms with Crippen LogP contribution in [0.15, 0.2) is 61.2 Å². The molecule has 2 rings (SSSR count). The second-order valence-corrected chi connectivity index (χ2v) is 5.08. The van der Waals surface area contributed by atoms with E-state index >= 15 is 0 Å². The predicted octanol–water partition coefficient (Wildman–Crippen LogP) is 2.22. The number of carbonyl (C=O) groups excluding carboxylic acids is 1. The van der Waals surface area contributed by atoms with Crippen LogP contribution in [0.1, 0.15) is 11.1 Å². The molecule has 1 amide bonds. The highest BCUT2D eigenvalue weighted by molar-refractivity contribution is 6.19. The summed E-state index contributed by atoms with van der Waals surface area (Å²) >= 11 is 0. The molecule has 0 bridgehead atoms. The lowest BCUT2D eigenvalue weighted by molar-refractivity contribution is -0.141. The molecular weight excluding hydrogens is 294 g/mol. The maximum Gasteiger partial charge on any atom is 0.326 e. The van der Waals surface area contributed by atoms with E-state index in [1.54, 1.807) is 36.4 Å². The minimum Gasteiger partial charge on any atom is -0.508 e. The van der Waals surface area contributed by atoms with Gasteiger partial charge >= 0.3 is 5.97 Å². The Labute approximate surface area is 133 Å². The van der Waals surface area contributed by atoms with Gasteiger partial charge in [0.05, 0.1) is 0 Å². The molecule has 5 heteroatoms. The molecule has 1 atom stereocenters. The summed E-state index contributed by atoms with van der Waals surface area (Å²) in [6.45, 7) is 3.72. The molecule has 0 aliphatic carbocycles. The van der Waals surface area contributed by atoms with Crippen LogP contribution in [0, 0.1) is 0 Å². The van der Waals surface area contributed by atoms with Gasteiger partial charge in [0.15, 0.2) is 0 Å². The molecule has 0 aromatic heterocycles. The molecule has 0 fully saturated rings. The zero-order chi connectivity index (χ0) is 16.8. The molecule has 0 heterocycles. The first-order valence-electron chi connectivity index (χ1n) is 7.03. The van der Waals surface area contributed by atoms with Crippen LogP contribution in [0.3, 0.4) is 0 Å². The third kappa shape index (κ3) is 4.44. The van der Waals surface area contributed by atoms with Crippen LogP contribution in [-0.2, 0) is 16.0 Å². The predicted molar refractivity (Wildman–Crippen MR) is 86.9 cm³/mol. The number of phenolic OH excluding ortho intramolecular Hbond substituents is 1. The number of phenols is 1. The molecule has 0 saturated heterocycles. The summed E-state index contributed by atoms with van der Waals surface area (Å²) in [4.78, 5) is 23.6. The minimum atomic E-state index is -1.13. The van der Waals surface area contributed by atoms with Crippen molar-refractivity contribution in [3.63, 3.8) is 0 Å². The van der Waals surface area contributed by atoms with E-state index < -0.39 is 17.9 Å². The smallest absolute Gasteiger partial charge is 0.326 e. The van der Waals surface area contributed by atoms with E-state index in [1.165, 1.54) is 12.1 Å². The van der Waals surface area contributed by atoms with Crippen molar-refractivity contribution < 1.29 is 19.8 Å².